The molecular weight excluding hydrogens is 184 g/mol. The van der Waals surface area contributed by atoms with Gasteiger partial charge in [0.2, 0.25) is 5.75 Å². The third kappa shape index (κ3) is 1.82. The lowest BCUT2D eigenvalue weighted by Crippen LogP contribution is -2.08. The van der Waals surface area contributed by atoms with E-state index in [0.29, 0.717) is 5.56 Å². The molecule has 1 rings (SSSR count). The molecular formula is C9H12N2O3. The van der Waals surface area contributed by atoms with Gasteiger partial charge >= 0.3 is 5.69 Å². The molecule has 0 fully saturated rings. The SMILES string of the molecule is COc1c(C(C)N)cccc1[N+](=O)[O-]. The highest BCUT2D eigenvalue weighted by Gasteiger charge is 2.19. The Morgan fingerprint density at radius 2 is 2.21 bits per heavy atom. The second-order valence-corrected chi connectivity index (χ2v) is 2.95. The summed E-state index contributed by atoms with van der Waals surface area (Å²) < 4.78 is 4.98. The average Bonchev–Trinajstić information content (AvgIpc) is 2.16. The molecule has 0 aliphatic carbocycles. The number of hydrogen-bond donors (Lipinski definition) is 1. The second kappa shape index (κ2) is 4.06. The second-order valence-electron chi connectivity index (χ2n) is 2.95. The van der Waals surface area contributed by atoms with Crippen LogP contribution in [0.4, 0.5) is 5.69 Å². The van der Waals surface area contributed by atoms with Gasteiger partial charge in [0.25, 0.3) is 0 Å². The fourth-order valence-corrected chi connectivity index (χ4v) is 1.27. The van der Waals surface area contributed by atoms with Crippen molar-refractivity contribution in [1.82, 2.24) is 0 Å². The van der Waals surface area contributed by atoms with Gasteiger partial charge < -0.3 is 10.5 Å². The Morgan fingerprint density at radius 1 is 1.57 bits per heavy atom. The average molecular weight is 196 g/mol. The maximum absolute atomic E-state index is 10.6. The molecule has 0 aliphatic heterocycles. The molecule has 76 valence electrons. The van der Waals surface area contributed by atoms with Crippen LogP contribution in [0.1, 0.15) is 18.5 Å². The Labute approximate surface area is 81.6 Å². The van der Waals surface area contributed by atoms with Crippen LogP contribution >= 0.6 is 0 Å². The summed E-state index contributed by atoms with van der Waals surface area (Å²) in [4.78, 5) is 10.2. The molecule has 0 amide bonds. The number of rotatable bonds is 3. The first-order valence-corrected chi connectivity index (χ1v) is 4.14. The predicted molar refractivity (Wildman–Crippen MR) is 52.3 cm³/mol. The number of nitrogens with two attached hydrogens (primary N) is 1. The van der Waals surface area contributed by atoms with Gasteiger partial charge in [-0.15, -0.1) is 0 Å². The topological polar surface area (TPSA) is 78.4 Å². The molecule has 0 aliphatic rings. The normalized spacial score (nSPS) is 12.2. The van der Waals surface area contributed by atoms with Gasteiger partial charge in [0.1, 0.15) is 0 Å². The molecule has 0 aromatic heterocycles. The van der Waals surface area contributed by atoms with E-state index in [1.807, 2.05) is 0 Å². The third-order valence-corrected chi connectivity index (χ3v) is 1.92. The number of benzene rings is 1. The van der Waals surface area contributed by atoms with E-state index in [1.165, 1.54) is 13.2 Å². The van der Waals surface area contributed by atoms with E-state index >= 15 is 0 Å². The summed E-state index contributed by atoms with van der Waals surface area (Å²) in [5.41, 5.74) is 6.24. The first-order valence-electron chi connectivity index (χ1n) is 4.14. The summed E-state index contributed by atoms with van der Waals surface area (Å²) in [7, 11) is 1.40. The van der Waals surface area contributed by atoms with Gasteiger partial charge in [-0.2, -0.15) is 0 Å². The van der Waals surface area contributed by atoms with E-state index in [2.05, 4.69) is 0 Å². The Kier molecular flexibility index (Phi) is 3.03. The summed E-state index contributed by atoms with van der Waals surface area (Å²) in [6.07, 6.45) is 0. The van der Waals surface area contributed by atoms with Crippen LogP contribution < -0.4 is 10.5 Å². The van der Waals surface area contributed by atoms with Gasteiger partial charge in [-0.1, -0.05) is 12.1 Å². The third-order valence-electron chi connectivity index (χ3n) is 1.92. The van der Waals surface area contributed by atoms with Crippen LogP contribution in [0.2, 0.25) is 0 Å². The van der Waals surface area contributed by atoms with Crippen LogP contribution in [-0.2, 0) is 0 Å². The number of nitro groups is 1. The minimum atomic E-state index is -0.481. The highest BCUT2D eigenvalue weighted by atomic mass is 16.6. The van der Waals surface area contributed by atoms with Crippen molar-refractivity contribution in [3.8, 4) is 5.75 Å². The Bertz CT molecular complexity index is 350. The van der Waals surface area contributed by atoms with Crippen molar-refractivity contribution < 1.29 is 9.66 Å². The highest BCUT2D eigenvalue weighted by molar-refractivity contribution is 5.52. The minimum Gasteiger partial charge on any atom is -0.490 e. The lowest BCUT2D eigenvalue weighted by Gasteiger charge is -2.10. The van der Waals surface area contributed by atoms with E-state index in [-0.39, 0.29) is 17.5 Å². The summed E-state index contributed by atoms with van der Waals surface area (Å²) >= 11 is 0. The molecule has 1 aromatic carbocycles. The zero-order chi connectivity index (χ0) is 10.7. The van der Waals surface area contributed by atoms with Crippen LogP contribution in [0.15, 0.2) is 18.2 Å². The number of methoxy groups -OCH3 is 1. The number of nitro benzene ring substituents is 1. The van der Waals surface area contributed by atoms with Crippen LogP contribution in [0.25, 0.3) is 0 Å². The predicted octanol–water partition coefficient (Wildman–Crippen LogP) is 1.62. The fourth-order valence-electron chi connectivity index (χ4n) is 1.27. The van der Waals surface area contributed by atoms with Crippen molar-refractivity contribution >= 4 is 5.69 Å². The van der Waals surface area contributed by atoms with Gasteiger partial charge in [-0.25, -0.2) is 0 Å². The zero-order valence-electron chi connectivity index (χ0n) is 8.06. The first kappa shape index (κ1) is 10.5. The molecule has 0 heterocycles. The van der Waals surface area contributed by atoms with Gasteiger partial charge in [0.05, 0.1) is 12.0 Å². The van der Waals surface area contributed by atoms with Crippen molar-refractivity contribution in [1.29, 1.82) is 0 Å². The van der Waals surface area contributed by atoms with E-state index in [0.717, 1.165) is 0 Å². The lowest BCUT2D eigenvalue weighted by atomic mass is 10.1. The number of para-hydroxylation sites is 1. The maximum atomic E-state index is 10.6. The molecule has 1 aromatic rings. The minimum absolute atomic E-state index is 0.0534. The summed E-state index contributed by atoms with van der Waals surface area (Å²) in [6.45, 7) is 1.75. The van der Waals surface area contributed by atoms with Crippen molar-refractivity contribution in [3.63, 3.8) is 0 Å². The van der Waals surface area contributed by atoms with Gasteiger partial charge in [-0.3, -0.25) is 10.1 Å². The monoisotopic (exact) mass is 196 g/mol. The first-order chi connectivity index (χ1) is 6.57. The van der Waals surface area contributed by atoms with E-state index in [1.54, 1.807) is 19.1 Å². The molecule has 0 spiro atoms. The molecule has 5 nitrogen and oxygen atoms in total. The fraction of sp³-hybridized carbons (Fsp3) is 0.333. The molecule has 0 bridgehead atoms. The molecule has 1 unspecified atom stereocenters. The summed E-state index contributed by atoms with van der Waals surface area (Å²) in [5.74, 6) is 0.243. The van der Waals surface area contributed by atoms with Crippen molar-refractivity contribution in [2.75, 3.05) is 7.11 Å². The largest absolute Gasteiger partial charge is 0.490 e. The summed E-state index contributed by atoms with van der Waals surface area (Å²) in [6, 6.07) is 4.42. The molecule has 0 saturated carbocycles. The van der Waals surface area contributed by atoms with Gasteiger partial charge in [0, 0.05) is 17.7 Å². The lowest BCUT2D eigenvalue weighted by molar-refractivity contribution is -0.385. The van der Waals surface area contributed by atoms with Crippen LogP contribution in [0.5, 0.6) is 5.75 Å². The Hall–Kier alpha value is -1.62. The van der Waals surface area contributed by atoms with Gasteiger partial charge in [-0.05, 0) is 6.92 Å². The maximum Gasteiger partial charge on any atom is 0.311 e. The molecule has 0 radical (unpaired) electrons. The van der Waals surface area contributed by atoms with Crippen LogP contribution in [0, 0.1) is 10.1 Å². The molecule has 2 N–H and O–H groups in total. The van der Waals surface area contributed by atoms with Crippen LogP contribution in [-0.4, -0.2) is 12.0 Å². The summed E-state index contributed by atoms with van der Waals surface area (Å²) in [5, 5.41) is 10.6. The van der Waals surface area contributed by atoms with E-state index < -0.39 is 4.92 Å². The van der Waals surface area contributed by atoms with Crippen LogP contribution in [0.3, 0.4) is 0 Å². The van der Waals surface area contributed by atoms with E-state index in [4.69, 9.17) is 10.5 Å². The molecule has 14 heavy (non-hydrogen) atoms. The van der Waals surface area contributed by atoms with E-state index in [9.17, 15) is 10.1 Å². The van der Waals surface area contributed by atoms with Crippen molar-refractivity contribution in [2.45, 2.75) is 13.0 Å². The quantitative estimate of drug-likeness (QED) is 0.588. The smallest absolute Gasteiger partial charge is 0.311 e. The molecule has 5 heteroatoms. The molecule has 0 saturated heterocycles. The molecule has 1 atom stereocenters. The Morgan fingerprint density at radius 3 is 2.64 bits per heavy atom. The van der Waals surface area contributed by atoms with Crippen molar-refractivity contribution in [2.24, 2.45) is 5.73 Å². The number of nitrogens with zero attached hydrogens (tertiary/aromatic N) is 1. The Balaban J connectivity index is 3.32. The number of ether oxygens (including phenoxy) is 1. The standard InChI is InChI=1S/C9H12N2O3/c1-6(10)7-4-3-5-8(11(12)13)9(7)14-2/h3-6H,10H2,1-2H3. The zero-order valence-corrected chi connectivity index (χ0v) is 8.06. The van der Waals surface area contributed by atoms with Gasteiger partial charge in [0.15, 0.2) is 0 Å². The van der Waals surface area contributed by atoms with Crippen molar-refractivity contribution in [3.05, 3.63) is 33.9 Å². The number of hydrogen-bond acceptors (Lipinski definition) is 4. The highest BCUT2D eigenvalue weighted by Crippen LogP contribution is 2.33.